The second kappa shape index (κ2) is 6.92. The summed E-state index contributed by atoms with van der Waals surface area (Å²) in [6.45, 7) is 6.26. The van der Waals surface area contributed by atoms with Crippen molar-refractivity contribution in [1.82, 2.24) is 10.0 Å². The fraction of sp³-hybridized carbons (Fsp3) is 0.667. The van der Waals surface area contributed by atoms with Crippen LogP contribution in [-0.4, -0.2) is 32.8 Å². The molecular formula is C12H22N2O3S. The van der Waals surface area contributed by atoms with E-state index in [0.717, 1.165) is 5.76 Å². The number of furan rings is 1. The first kappa shape index (κ1) is 15.2. The third kappa shape index (κ3) is 6.18. The van der Waals surface area contributed by atoms with Crippen LogP contribution >= 0.6 is 0 Å². The summed E-state index contributed by atoms with van der Waals surface area (Å²) in [4.78, 5) is 0. The van der Waals surface area contributed by atoms with Crippen LogP contribution in [-0.2, 0) is 16.4 Å². The van der Waals surface area contributed by atoms with Gasteiger partial charge in [-0.3, -0.25) is 0 Å². The van der Waals surface area contributed by atoms with Gasteiger partial charge in [-0.1, -0.05) is 13.8 Å². The van der Waals surface area contributed by atoms with E-state index in [1.807, 2.05) is 26.8 Å². The molecular weight excluding hydrogens is 252 g/mol. The summed E-state index contributed by atoms with van der Waals surface area (Å²) in [5, 5.41) is 3.08. The molecule has 0 aliphatic rings. The van der Waals surface area contributed by atoms with Crippen LogP contribution in [0.5, 0.6) is 0 Å². The molecule has 104 valence electrons. The van der Waals surface area contributed by atoms with Crippen molar-refractivity contribution in [2.24, 2.45) is 0 Å². The molecule has 0 spiro atoms. The van der Waals surface area contributed by atoms with E-state index in [9.17, 15) is 8.42 Å². The van der Waals surface area contributed by atoms with Gasteiger partial charge in [-0.25, -0.2) is 13.1 Å². The van der Waals surface area contributed by atoms with Crippen molar-refractivity contribution in [2.75, 3.05) is 12.3 Å². The van der Waals surface area contributed by atoms with Crippen molar-refractivity contribution in [2.45, 2.75) is 39.3 Å². The molecule has 0 bridgehead atoms. The first-order valence-electron chi connectivity index (χ1n) is 6.15. The summed E-state index contributed by atoms with van der Waals surface area (Å²) in [5.74, 6) is 0.874. The third-order valence-electron chi connectivity index (χ3n) is 2.39. The van der Waals surface area contributed by atoms with Crippen molar-refractivity contribution in [1.29, 1.82) is 0 Å². The molecule has 2 N–H and O–H groups in total. The van der Waals surface area contributed by atoms with Crippen LogP contribution in [0.15, 0.2) is 22.8 Å². The molecule has 0 aromatic carbocycles. The van der Waals surface area contributed by atoms with Gasteiger partial charge in [0.05, 0.1) is 12.0 Å². The van der Waals surface area contributed by atoms with E-state index < -0.39 is 10.0 Å². The van der Waals surface area contributed by atoms with E-state index in [4.69, 9.17) is 4.42 Å². The van der Waals surface area contributed by atoms with Crippen LogP contribution < -0.4 is 10.0 Å². The quantitative estimate of drug-likeness (QED) is 0.745. The molecule has 1 unspecified atom stereocenters. The van der Waals surface area contributed by atoms with Gasteiger partial charge in [-0.2, -0.15) is 0 Å². The van der Waals surface area contributed by atoms with Crippen LogP contribution in [0.3, 0.4) is 0 Å². The Hall–Kier alpha value is -0.850. The SMILES string of the molecule is CC(C)NCCS(=O)(=O)NC(C)Cc1ccco1. The Labute approximate surface area is 109 Å². The van der Waals surface area contributed by atoms with Gasteiger partial charge in [0.15, 0.2) is 0 Å². The van der Waals surface area contributed by atoms with Gasteiger partial charge in [0, 0.05) is 25.0 Å². The smallest absolute Gasteiger partial charge is 0.213 e. The normalized spacial score (nSPS) is 14.0. The zero-order valence-electron chi connectivity index (χ0n) is 11.1. The molecule has 6 heteroatoms. The molecule has 18 heavy (non-hydrogen) atoms. The highest BCUT2D eigenvalue weighted by molar-refractivity contribution is 7.89. The zero-order chi connectivity index (χ0) is 13.6. The molecule has 1 heterocycles. The van der Waals surface area contributed by atoms with Gasteiger partial charge >= 0.3 is 0 Å². The molecule has 0 saturated heterocycles. The van der Waals surface area contributed by atoms with E-state index in [1.54, 1.807) is 12.3 Å². The zero-order valence-corrected chi connectivity index (χ0v) is 12.0. The first-order valence-corrected chi connectivity index (χ1v) is 7.80. The second-order valence-electron chi connectivity index (χ2n) is 4.73. The number of hydrogen-bond acceptors (Lipinski definition) is 4. The van der Waals surface area contributed by atoms with E-state index in [1.165, 1.54) is 0 Å². The molecule has 5 nitrogen and oxygen atoms in total. The summed E-state index contributed by atoms with van der Waals surface area (Å²) in [6.07, 6.45) is 2.15. The lowest BCUT2D eigenvalue weighted by Crippen LogP contribution is -2.39. The predicted octanol–water partition coefficient (Wildman–Crippen LogP) is 1.13. The highest BCUT2D eigenvalue weighted by Gasteiger charge is 2.15. The maximum Gasteiger partial charge on any atom is 0.213 e. The minimum Gasteiger partial charge on any atom is -0.469 e. The summed E-state index contributed by atoms with van der Waals surface area (Å²) in [6, 6.07) is 3.76. The first-order chi connectivity index (χ1) is 8.39. The number of hydrogen-bond donors (Lipinski definition) is 2. The van der Waals surface area contributed by atoms with Crippen LogP contribution in [0.25, 0.3) is 0 Å². The summed E-state index contributed by atoms with van der Waals surface area (Å²) in [7, 11) is -3.23. The van der Waals surface area contributed by atoms with Crippen molar-refractivity contribution >= 4 is 10.0 Å². The summed E-state index contributed by atoms with van der Waals surface area (Å²) in [5.41, 5.74) is 0. The van der Waals surface area contributed by atoms with E-state index in [2.05, 4.69) is 10.0 Å². The molecule has 1 aromatic rings. The van der Waals surface area contributed by atoms with Gasteiger partial charge in [0.2, 0.25) is 10.0 Å². The minimum atomic E-state index is -3.23. The fourth-order valence-corrected chi connectivity index (χ4v) is 2.82. The Morgan fingerprint density at radius 2 is 2.06 bits per heavy atom. The molecule has 0 amide bonds. The van der Waals surface area contributed by atoms with Gasteiger partial charge < -0.3 is 9.73 Å². The Bertz CT molecular complexity index is 426. The minimum absolute atomic E-state index is 0.0909. The maximum atomic E-state index is 11.8. The highest BCUT2D eigenvalue weighted by Crippen LogP contribution is 2.04. The molecule has 1 aromatic heterocycles. The van der Waals surface area contributed by atoms with E-state index in [0.29, 0.717) is 19.0 Å². The van der Waals surface area contributed by atoms with Crippen molar-refractivity contribution in [3.05, 3.63) is 24.2 Å². The summed E-state index contributed by atoms with van der Waals surface area (Å²) < 4.78 is 31.4. The van der Waals surface area contributed by atoms with Crippen LogP contribution in [0.4, 0.5) is 0 Å². The lowest BCUT2D eigenvalue weighted by atomic mass is 10.2. The van der Waals surface area contributed by atoms with Gasteiger partial charge in [-0.15, -0.1) is 0 Å². The predicted molar refractivity (Wildman–Crippen MR) is 71.9 cm³/mol. The topological polar surface area (TPSA) is 71.3 Å². The van der Waals surface area contributed by atoms with Gasteiger partial charge in [0.1, 0.15) is 5.76 Å². The fourth-order valence-electron chi connectivity index (χ4n) is 1.62. The van der Waals surface area contributed by atoms with Crippen LogP contribution in [0.2, 0.25) is 0 Å². The summed E-state index contributed by atoms with van der Waals surface area (Å²) >= 11 is 0. The monoisotopic (exact) mass is 274 g/mol. The second-order valence-corrected chi connectivity index (χ2v) is 6.60. The Morgan fingerprint density at radius 1 is 1.33 bits per heavy atom. The molecule has 0 fully saturated rings. The average Bonchev–Trinajstić information content (AvgIpc) is 2.67. The van der Waals surface area contributed by atoms with Crippen LogP contribution in [0.1, 0.15) is 26.5 Å². The number of nitrogens with one attached hydrogen (secondary N) is 2. The number of sulfonamides is 1. The Balaban J connectivity index is 2.35. The van der Waals surface area contributed by atoms with Gasteiger partial charge in [-0.05, 0) is 19.1 Å². The molecule has 0 aliphatic heterocycles. The maximum absolute atomic E-state index is 11.8. The molecule has 0 aliphatic carbocycles. The van der Waals surface area contributed by atoms with Gasteiger partial charge in [0.25, 0.3) is 0 Å². The lowest BCUT2D eigenvalue weighted by Gasteiger charge is -2.14. The van der Waals surface area contributed by atoms with Crippen molar-refractivity contribution in [3.63, 3.8) is 0 Å². The standard InChI is InChI=1S/C12H22N2O3S/c1-10(2)13-6-8-18(15,16)14-11(3)9-12-5-4-7-17-12/h4-5,7,10-11,13-14H,6,8-9H2,1-3H3. The molecule has 1 rings (SSSR count). The van der Waals surface area contributed by atoms with E-state index in [-0.39, 0.29) is 11.8 Å². The molecule has 0 radical (unpaired) electrons. The lowest BCUT2D eigenvalue weighted by molar-refractivity contribution is 0.478. The molecule has 0 saturated carbocycles. The Kier molecular flexibility index (Phi) is 5.84. The number of rotatable bonds is 8. The van der Waals surface area contributed by atoms with Crippen molar-refractivity contribution in [3.8, 4) is 0 Å². The molecule has 1 atom stereocenters. The van der Waals surface area contributed by atoms with E-state index >= 15 is 0 Å². The van der Waals surface area contributed by atoms with Crippen LogP contribution in [0, 0.1) is 0 Å². The largest absolute Gasteiger partial charge is 0.469 e. The Morgan fingerprint density at radius 3 is 2.61 bits per heavy atom. The highest BCUT2D eigenvalue weighted by atomic mass is 32.2. The van der Waals surface area contributed by atoms with Crippen molar-refractivity contribution < 1.29 is 12.8 Å². The third-order valence-corrected chi connectivity index (χ3v) is 3.89. The average molecular weight is 274 g/mol.